The fourth-order valence-electron chi connectivity index (χ4n) is 1.27. The number of pyridine rings is 1. The van der Waals surface area contributed by atoms with Crippen LogP contribution in [0.3, 0.4) is 0 Å². The molecular weight excluding hydrogens is 297 g/mol. The van der Waals surface area contributed by atoms with Crippen molar-refractivity contribution in [2.75, 3.05) is 6.61 Å². The van der Waals surface area contributed by atoms with Crippen molar-refractivity contribution in [3.05, 3.63) is 28.0 Å². The molecule has 0 atom stereocenters. The third-order valence-corrected chi connectivity index (χ3v) is 2.40. The predicted octanol–water partition coefficient (Wildman–Crippen LogP) is 3.87. The maximum absolute atomic E-state index is 12.6. The third kappa shape index (κ3) is 3.31. The van der Waals surface area contributed by atoms with Crippen molar-refractivity contribution in [1.82, 2.24) is 4.98 Å². The van der Waals surface area contributed by atoms with Crippen LogP contribution in [0.15, 0.2) is 6.20 Å². The van der Waals surface area contributed by atoms with Crippen molar-refractivity contribution < 1.29 is 31.5 Å². The highest BCUT2D eigenvalue weighted by molar-refractivity contribution is 6.34. The van der Waals surface area contributed by atoms with Gasteiger partial charge in [-0.1, -0.05) is 11.6 Å². The Bertz CT molecular complexity index is 490. The fraction of sp³-hybridized carbons (Fsp3) is 0.400. The molecule has 19 heavy (non-hydrogen) atoms. The van der Waals surface area contributed by atoms with Gasteiger partial charge in [0.15, 0.2) is 5.69 Å². The lowest BCUT2D eigenvalue weighted by Crippen LogP contribution is -2.16. The fourth-order valence-corrected chi connectivity index (χ4v) is 1.62. The summed E-state index contributed by atoms with van der Waals surface area (Å²) in [5.74, 6) is -1.35. The molecule has 0 saturated carbocycles. The number of hydrogen-bond acceptors (Lipinski definition) is 3. The number of aromatic nitrogens is 1. The van der Waals surface area contributed by atoms with Crippen molar-refractivity contribution in [2.45, 2.75) is 19.5 Å². The summed E-state index contributed by atoms with van der Waals surface area (Å²) in [6.07, 6.45) is -7.89. The molecule has 1 rings (SSSR count). The Balaban J connectivity index is 3.49. The first kappa shape index (κ1) is 15.6. The molecule has 0 bridgehead atoms. The number of rotatable bonds is 3. The minimum Gasteiger partial charge on any atom is -0.462 e. The average Bonchev–Trinajstić information content (AvgIpc) is 2.26. The summed E-state index contributed by atoms with van der Waals surface area (Å²) in [6.45, 7) is 1.18. The van der Waals surface area contributed by atoms with E-state index in [1.165, 1.54) is 6.92 Å². The van der Waals surface area contributed by atoms with Crippen LogP contribution in [0.4, 0.5) is 22.0 Å². The summed E-state index contributed by atoms with van der Waals surface area (Å²) in [6, 6.07) is 0. The largest absolute Gasteiger partial charge is 0.462 e. The van der Waals surface area contributed by atoms with E-state index in [-0.39, 0.29) is 12.8 Å². The number of ether oxygens (including phenoxy) is 1. The molecule has 3 nitrogen and oxygen atoms in total. The molecule has 0 spiro atoms. The predicted molar refractivity (Wildman–Crippen MR) is 55.2 cm³/mol. The topological polar surface area (TPSA) is 39.2 Å². The highest BCUT2D eigenvalue weighted by Gasteiger charge is 2.39. The molecule has 0 aliphatic carbocycles. The number of nitrogens with zero attached hydrogens (tertiary/aromatic N) is 1. The minimum atomic E-state index is -4.96. The standard InChI is InChI=1S/C10H7ClF5NO2/c1-2-19-9(18)5-4(8(12)13)3-17-7(6(5)11)10(14,15)16/h3,8H,2H2,1H3. The van der Waals surface area contributed by atoms with Crippen molar-refractivity contribution >= 4 is 17.6 Å². The molecule has 106 valence electrons. The second-order valence-electron chi connectivity index (χ2n) is 3.27. The summed E-state index contributed by atoms with van der Waals surface area (Å²) in [5, 5.41) is -1.19. The van der Waals surface area contributed by atoms with Gasteiger partial charge in [-0.25, -0.2) is 18.6 Å². The van der Waals surface area contributed by atoms with Gasteiger partial charge < -0.3 is 4.74 Å². The first-order valence-electron chi connectivity index (χ1n) is 4.91. The van der Waals surface area contributed by atoms with E-state index in [1.807, 2.05) is 0 Å². The summed E-state index contributed by atoms with van der Waals surface area (Å²) in [4.78, 5) is 14.3. The van der Waals surface area contributed by atoms with E-state index in [4.69, 9.17) is 11.6 Å². The van der Waals surface area contributed by atoms with Gasteiger partial charge in [-0.15, -0.1) is 0 Å². The van der Waals surface area contributed by atoms with Crippen molar-refractivity contribution in [3.8, 4) is 0 Å². The van der Waals surface area contributed by atoms with Crippen LogP contribution in [0.1, 0.15) is 35.0 Å². The molecule has 0 saturated heterocycles. The number of alkyl halides is 5. The van der Waals surface area contributed by atoms with Crippen LogP contribution in [-0.2, 0) is 10.9 Å². The monoisotopic (exact) mass is 303 g/mol. The number of hydrogen-bond donors (Lipinski definition) is 0. The Kier molecular flexibility index (Phi) is 4.67. The van der Waals surface area contributed by atoms with Gasteiger partial charge in [-0.3, -0.25) is 0 Å². The minimum absolute atomic E-state index is 0.193. The lowest BCUT2D eigenvalue weighted by molar-refractivity contribution is -0.141. The second-order valence-corrected chi connectivity index (χ2v) is 3.65. The Hall–Kier alpha value is -1.44. The second kappa shape index (κ2) is 5.68. The van der Waals surface area contributed by atoms with Crippen LogP contribution < -0.4 is 0 Å². The zero-order chi connectivity index (χ0) is 14.8. The average molecular weight is 304 g/mol. The molecule has 9 heteroatoms. The molecule has 1 aromatic heterocycles. The van der Waals surface area contributed by atoms with Crippen LogP contribution in [-0.4, -0.2) is 17.6 Å². The summed E-state index contributed by atoms with van der Waals surface area (Å²) >= 11 is 5.36. The zero-order valence-corrected chi connectivity index (χ0v) is 10.1. The summed E-state index contributed by atoms with van der Waals surface area (Å²) in [5.41, 5.74) is -3.63. The Labute approximate surface area is 109 Å². The van der Waals surface area contributed by atoms with Crippen LogP contribution in [0.25, 0.3) is 0 Å². The van der Waals surface area contributed by atoms with Gasteiger partial charge in [0.2, 0.25) is 0 Å². The molecule has 0 N–H and O–H groups in total. The molecule has 1 aromatic rings. The van der Waals surface area contributed by atoms with Crippen LogP contribution in [0, 0.1) is 0 Å². The van der Waals surface area contributed by atoms with E-state index in [2.05, 4.69) is 9.72 Å². The van der Waals surface area contributed by atoms with Gasteiger partial charge in [-0.2, -0.15) is 13.2 Å². The van der Waals surface area contributed by atoms with Crippen LogP contribution in [0.5, 0.6) is 0 Å². The summed E-state index contributed by atoms with van der Waals surface area (Å²) < 4.78 is 67.3. The van der Waals surface area contributed by atoms with E-state index in [1.54, 1.807) is 0 Å². The zero-order valence-electron chi connectivity index (χ0n) is 9.39. The molecule has 0 aromatic carbocycles. The lowest BCUT2D eigenvalue weighted by atomic mass is 10.1. The van der Waals surface area contributed by atoms with Gasteiger partial charge in [0, 0.05) is 6.20 Å². The van der Waals surface area contributed by atoms with Crippen molar-refractivity contribution in [3.63, 3.8) is 0 Å². The molecule has 0 aliphatic rings. The SMILES string of the molecule is CCOC(=O)c1c(C(F)F)cnc(C(F)(F)F)c1Cl. The van der Waals surface area contributed by atoms with Gasteiger partial charge in [0.25, 0.3) is 6.43 Å². The highest BCUT2D eigenvalue weighted by atomic mass is 35.5. The van der Waals surface area contributed by atoms with E-state index in [9.17, 15) is 26.7 Å². The lowest BCUT2D eigenvalue weighted by Gasteiger charge is -2.14. The number of esters is 1. The van der Waals surface area contributed by atoms with Crippen molar-refractivity contribution in [2.24, 2.45) is 0 Å². The summed E-state index contributed by atoms with van der Waals surface area (Å²) in [7, 11) is 0. The molecule has 0 aliphatic heterocycles. The van der Waals surface area contributed by atoms with Gasteiger partial charge in [0.1, 0.15) is 0 Å². The normalized spacial score (nSPS) is 11.8. The van der Waals surface area contributed by atoms with Gasteiger partial charge in [-0.05, 0) is 6.92 Å². The smallest absolute Gasteiger partial charge is 0.434 e. The molecular formula is C10H7ClF5NO2. The number of halogens is 6. The van der Waals surface area contributed by atoms with E-state index in [0.717, 1.165) is 0 Å². The Morgan fingerprint density at radius 3 is 2.47 bits per heavy atom. The third-order valence-electron chi connectivity index (χ3n) is 2.03. The van der Waals surface area contributed by atoms with Crippen LogP contribution >= 0.6 is 11.6 Å². The maximum atomic E-state index is 12.6. The first-order valence-corrected chi connectivity index (χ1v) is 5.28. The Morgan fingerprint density at radius 2 is 2.05 bits per heavy atom. The first-order chi connectivity index (χ1) is 8.70. The molecule has 1 heterocycles. The van der Waals surface area contributed by atoms with E-state index < -0.39 is 40.4 Å². The number of carbonyl (C=O) groups is 1. The Morgan fingerprint density at radius 1 is 1.47 bits per heavy atom. The highest BCUT2D eigenvalue weighted by Crippen LogP contribution is 2.38. The molecule has 0 amide bonds. The van der Waals surface area contributed by atoms with E-state index >= 15 is 0 Å². The van der Waals surface area contributed by atoms with Crippen LogP contribution in [0.2, 0.25) is 5.02 Å². The van der Waals surface area contributed by atoms with Gasteiger partial charge >= 0.3 is 12.1 Å². The van der Waals surface area contributed by atoms with Gasteiger partial charge in [0.05, 0.1) is 22.8 Å². The molecule has 0 unspecified atom stereocenters. The molecule has 0 radical (unpaired) electrons. The molecule has 0 fully saturated rings. The van der Waals surface area contributed by atoms with Crippen molar-refractivity contribution in [1.29, 1.82) is 0 Å². The quantitative estimate of drug-likeness (QED) is 0.628. The maximum Gasteiger partial charge on any atom is 0.434 e. The number of carbonyl (C=O) groups excluding carboxylic acids is 1. The van der Waals surface area contributed by atoms with E-state index in [0.29, 0.717) is 0 Å².